The van der Waals surface area contributed by atoms with Crippen molar-refractivity contribution in [2.75, 3.05) is 11.9 Å². The van der Waals surface area contributed by atoms with Crippen molar-refractivity contribution < 1.29 is 22.4 Å². The molecule has 0 aromatic heterocycles. The lowest BCUT2D eigenvalue weighted by atomic mass is 10.1. The first-order valence-corrected chi connectivity index (χ1v) is 10.6. The number of nitrogens with one attached hydrogen (secondary N) is 3. The summed E-state index contributed by atoms with van der Waals surface area (Å²) in [6.45, 7) is 5.52. The lowest BCUT2D eigenvalue weighted by Crippen LogP contribution is -2.31. The van der Waals surface area contributed by atoms with Crippen molar-refractivity contribution in [1.29, 1.82) is 0 Å². The number of rotatable bonds is 8. The Hall–Kier alpha value is -2.78. The minimum atomic E-state index is -3.82. The van der Waals surface area contributed by atoms with Crippen LogP contribution in [0.25, 0.3) is 0 Å². The Morgan fingerprint density at radius 2 is 1.72 bits per heavy atom. The van der Waals surface area contributed by atoms with Gasteiger partial charge in [-0.2, -0.15) is 0 Å². The van der Waals surface area contributed by atoms with E-state index in [0.717, 1.165) is 23.8 Å². The van der Waals surface area contributed by atoms with Gasteiger partial charge in [0.2, 0.25) is 15.9 Å². The highest BCUT2D eigenvalue weighted by atomic mass is 32.2. The molecule has 0 fully saturated rings. The molecule has 156 valence electrons. The second kappa shape index (κ2) is 9.62. The molecule has 0 aliphatic rings. The number of anilines is 1. The van der Waals surface area contributed by atoms with Gasteiger partial charge in [0, 0.05) is 18.3 Å². The molecule has 0 saturated heterocycles. The van der Waals surface area contributed by atoms with Gasteiger partial charge in [0.05, 0.1) is 16.9 Å². The van der Waals surface area contributed by atoms with E-state index in [1.807, 2.05) is 13.8 Å². The number of carbonyl (C=O) groups is 2. The van der Waals surface area contributed by atoms with Gasteiger partial charge in [-0.25, -0.2) is 17.5 Å². The van der Waals surface area contributed by atoms with Crippen molar-refractivity contribution in [2.45, 2.75) is 38.1 Å². The zero-order chi connectivity index (χ0) is 21.6. The molecule has 0 unspecified atom stereocenters. The minimum absolute atomic E-state index is 0.0445. The Labute approximate surface area is 169 Å². The first kappa shape index (κ1) is 22.5. The lowest BCUT2D eigenvalue weighted by Gasteiger charge is -2.10. The van der Waals surface area contributed by atoms with Gasteiger partial charge < -0.3 is 10.6 Å². The molecule has 9 heteroatoms. The Morgan fingerprint density at radius 3 is 2.31 bits per heavy atom. The van der Waals surface area contributed by atoms with E-state index >= 15 is 0 Å². The second-order valence-electron chi connectivity index (χ2n) is 6.69. The summed E-state index contributed by atoms with van der Waals surface area (Å²) in [4.78, 5) is 24.0. The van der Waals surface area contributed by atoms with Gasteiger partial charge in [0.1, 0.15) is 5.82 Å². The van der Waals surface area contributed by atoms with Gasteiger partial charge in [-0.1, -0.05) is 19.1 Å². The van der Waals surface area contributed by atoms with Crippen molar-refractivity contribution in [3.63, 3.8) is 0 Å². The lowest BCUT2D eigenvalue weighted by molar-refractivity contribution is -0.120. The van der Waals surface area contributed by atoms with E-state index in [4.69, 9.17) is 0 Å². The van der Waals surface area contributed by atoms with Crippen LogP contribution >= 0.6 is 0 Å². The molecule has 0 bridgehead atoms. The summed E-state index contributed by atoms with van der Waals surface area (Å²) in [5.41, 5.74) is 0.762. The molecule has 2 rings (SSSR count). The molecular weight excluding hydrogens is 397 g/mol. The molecule has 2 aromatic rings. The molecular formula is C20H24FN3O4S. The average Bonchev–Trinajstić information content (AvgIpc) is 2.62. The maximum absolute atomic E-state index is 14.1. The molecule has 2 amide bonds. The minimum Gasteiger partial charge on any atom is -0.354 e. The SMILES string of the molecule is CCNS(=O)(=O)c1ccc(F)c(C(=O)Nc2ccc(CC(=O)NC(C)C)cc2)c1. The van der Waals surface area contributed by atoms with Gasteiger partial charge in [-0.3, -0.25) is 9.59 Å². The topological polar surface area (TPSA) is 104 Å². The first-order chi connectivity index (χ1) is 13.6. The van der Waals surface area contributed by atoms with E-state index in [-0.39, 0.29) is 35.4 Å². The summed E-state index contributed by atoms with van der Waals surface area (Å²) < 4.78 is 40.5. The molecule has 29 heavy (non-hydrogen) atoms. The van der Waals surface area contributed by atoms with Crippen LogP contribution in [0, 0.1) is 5.82 Å². The van der Waals surface area contributed by atoms with E-state index in [9.17, 15) is 22.4 Å². The van der Waals surface area contributed by atoms with Gasteiger partial charge in [-0.15, -0.1) is 0 Å². The van der Waals surface area contributed by atoms with Crippen molar-refractivity contribution in [2.24, 2.45) is 0 Å². The predicted octanol–water partition coefficient (Wildman–Crippen LogP) is 2.44. The van der Waals surface area contributed by atoms with Crippen LogP contribution in [0.2, 0.25) is 0 Å². The van der Waals surface area contributed by atoms with Gasteiger partial charge in [-0.05, 0) is 49.7 Å². The molecule has 0 aliphatic carbocycles. The monoisotopic (exact) mass is 421 g/mol. The zero-order valence-corrected chi connectivity index (χ0v) is 17.3. The largest absolute Gasteiger partial charge is 0.354 e. The van der Waals surface area contributed by atoms with Crippen LogP contribution < -0.4 is 15.4 Å². The number of carbonyl (C=O) groups excluding carboxylic acids is 2. The molecule has 0 aliphatic heterocycles. The van der Waals surface area contributed by atoms with E-state index in [1.165, 1.54) is 0 Å². The number of hydrogen-bond acceptors (Lipinski definition) is 4. The predicted molar refractivity (Wildman–Crippen MR) is 109 cm³/mol. The van der Waals surface area contributed by atoms with Gasteiger partial charge >= 0.3 is 0 Å². The number of sulfonamides is 1. The van der Waals surface area contributed by atoms with Crippen LogP contribution in [0.3, 0.4) is 0 Å². The fourth-order valence-electron chi connectivity index (χ4n) is 2.58. The van der Waals surface area contributed by atoms with Crippen LogP contribution in [-0.2, 0) is 21.2 Å². The van der Waals surface area contributed by atoms with E-state index in [1.54, 1.807) is 31.2 Å². The zero-order valence-electron chi connectivity index (χ0n) is 16.5. The molecule has 0 spiro atoms. The van der Waals surface area contributed by atoms with Crippen LogP contribution in [-0.4, -0.2) is 32.8 Å². The summed E-state index contributed by atoms with van der Waals surface area (Å²) >= 11 is 0. The summed E-state index contributed by atoms with van der Waals surface area (Å²) in [6.07, 6.45) is 0.200. The van der Waals surface area contributed by atoms with Crippen LogP contribution in [0.4, 0.5) is 10.1 Å². The van der Waals surface area contributed by atoms with Crippen LogP contribution in [0.5, 0.6) is 0 Å². The Morgan fingerprint density at radius 1 is 1.07 bits per heavy atom. The number of halogens is 1. The van der Waals surface area contributed by atoms with Crippen molar-refractivity contribution in [3.8, 4) is 0 Å². The summed E-state index contributed by atoms with van der Waals surface area (Å²) in [7, 11) is -3.82. The molecule has 2 aromatic carbocycles. The van der Waals surface area contributed by atoms with Crippen molar-refractivity contribution in [1.82, 2.24) is 10.0 Å². The quantitative estimate of drug-likeness (QED) is 0.609. The van der Waals surface area contributed by atoms with E-state index < -0.39 is 21.7 Å². The number of hydrogen-bond donors (Lipinski definition) is 3. The van der Waals surface area contributed by atoms with E-state index in [0.29, 0.717) is 5.69 Å². The third kappa shape index (κ3) is 6.37. The highest BCUT2D eigenvalue weighted by molar-refractivity contribution is 7.89. The summed E-state index contributed by atoms with van der Waals surface area (Å²) in [5, 5.41) is 5.32. The molecule has 0 heterocycles. The van der Waals surface area contributed by atoms with Crippen LogP contribution in [0.15, 0.2) is 47.4 Å². The highest BCUT2D eigenvalue weighted by Crippen LogP contribution is 2.18. The van der Waals surface area contributed by atoms with Crippen LogP contribution in [0.1, 0.15) is 36.7 Å². The van der Waals surface area contributed by atoms with E-state index in [2.05, 4.69) is 15.4 Å². The summed E-state index contributed by atoms with van der Waals surface area (Å²) in [5.74, 6) is -1.72. The third-order valence-corrected chi connectivity index (χ3v) is 5.40. The smallest absolute Gasteiger partial charge is 0.258 e. The molecule has 7 nitrogen and oxygen atoms in total. The second-order valence-corrected chi connectivity index (χ2v) is 8.46. The van der Waals surface area contributed by atoms with Crippen molar-refractivity contribution in [3.05, 3.63) is 59.4 Å². The molecule has 3 N–H and O–H groups in total. The summed E-state index contributed by atoms with van der Waals surface area (Å²) in [6, 6.07) is 9.61. The number of benzene rings is 2. The van der Waals surface area contributed by atoms with Gasteiger partial charge in [0.15, 0.2) is 0 Å². The normalized spacial score (nSPS) is 11.3. The maximum atomic E-state index is 14.1. The first-order valence-electron chi connectivity index (χ1n) is 9.11. The standard InChI is InChI=1S/C20H24FN3O4S/c1-4-22-29(27,28)16-9-10-18(21)17(12-16)20(26)24-15-7-5-14(6-8-15)11-19(25)23-13(2)3/h5-10,12-13,22H,4,11H2,1-3H3,(H,23,25)(H,24,26). The van der Waals surface area contributed by atoms with Gasteiger partial charge in [0.25, 0.3) is 5.91 Å². The molecule has 0 atom stereocenters. The molecule has 0 radical (unpaired) electrons. The highest BCUT2D eigenvalue weighted by Gasteiger charge is 2.19. The Bertz CT molecular complexity index is 989. The Balaban J connectivity index is 2.13. The fraction of sp³-hybridized carbons (Fsp3) is 0.300. The third-order valence-electron chi connectivity index (χ3n) is 3.85. The van der Waals surface area contributed by atoms with Crippen molar-refractivity contribution >= 4 is 27.5 Å². The fourth-order valence-corrected chi connectivity index (χ4v) is 3.65. The number of amides is 2. The maximum Gasteiger partial charge on any atom is 0.258 e. The average molecular weight is 421 g/mol. The Kier molecular flexibility index (Phi) is 7.46. The molecule has 0 saturated carbocycles.